The number of carbonyl (C=O) groups excluding carboxylic acids is 1. The van der Waals surface area contributed by atoms with E-state index in [1.165, 1.54) is 49.9 Å². The van der Waals surface area contributed by atoms with Gasteiger partial charge < -0.3 is 15.5 Å². The van der Waals surface area contributed by atoms with Crippen LogP contribution < -0.4 is 15.8 Å². The average molecular weight is 369 g/mol. The summed E-state index contributed by atoms with van der Waals surface area (Å²) in [4.78, 5) is 14.4. The van der Waals surface area contributed by atoms with E-state index >= 15 is 0 Å². The largest absolute Gasteiger partial charge is 0.336 e. The monoisotopic (exact) mass is 368 g/mol. The Balaban J connectivity index is 1.95. The molecule has 2 rings (SSSR count). The fourth-order valence-corrected chi connectivity index (χ4v) is 3.83. The number of hydrogen-bond donors (Lipinski definition) is 3. The number of likely N-dealkylation sites (N-methyl/N-ethyl adjacent to an activating group) is 1. The normalized spacial score (nSPS) is 17.8. The second-order valence-corrected chi connectivity index (χ2v) is 8.47. The zero-order valence-corrected chi connectivity index (χ0v) is 15.7. The van der Waals surface area contributed by atoms with Crippen molar-refractivity contribution in [3.05, 3.63) is 24.3 Å². The Morgan fingerprint density at radius 3 is 2.16 bits per heavy atom. The van der Waals surface area contributed by atoms with E-state index < -0.39 is 10.0 Å². The van der Waals surface area contributed by atoms with Gasteiger partial charge >= 0.3 is 6.03 Å². The summed E-state index contributed by atoms with van der Waals surface area (Å²) in [6.45, 7) is 0.584. The van der Waals surface area contributed by atoms with E-state index in [1.54, 1.807) is 0 Å². The van der Waals surface area contributed by atoms with E-state index in [9.17, 15) is 13.2 Å². The first-order valence-corrected chi connectivity index (χ1v) is 10.1. The Morgan fingerprint density at radius 1 is 1.12 bits per heavy atom. The van der Waals surface area contributed by atoms with Crippen molar-refractivity contribution in [3.63, 3.8) is 0 Å². The van der Waals surface area contributed by atoms with Crippen LogP contribution in [0.4, 0.5) is 10.5 Å². The number of nitrogens with one attached hydrogen (secondary N) is 2. The molecule has 1 aliphatic carbocycles. The summed E-state index contributed by atoms with van der Waals surface area (Å²) in [5.74, 6) is 0. The topological polar surface area (TPSA) is 105 Å². The number of amides is 2. The van der Waals surface area contributed by atoms with Gasteiger partial charge in [0.15, 0.2) is 0 Å². The number of rotatable bonds is 5. The first kappa shape index (κ1) is 19.7. The highest BCUT2D eigenvalue weighted by Gasteiger charge is 2.33. The van der Waals surface area contributed by atoms with Gasteiger partial charge in [0.1, 0.15) is 0 Å². The SMILES string of the molecule is CN(C)C1(CNC(=O)Nc2ccc(S(N)(=O)=O)cc2)CCCCCC1. The Bertz CT molecular complexity index is 678. The van der Waals surface area contributed by atoms with Gasteiger partial charge in [0, 0.05) is 17.8 Å². The van der Waals surface area contributed by atoms with Gasteiger partial charge in [0.25, 0.3) is 0 Å². The van der Waals surface area contributed by atoms with Crippen molar-refractivity contribution in [2.45, 2.75) is 49.0 Å². The highest BCUT2D eigenvalue weighted by atomic mass is 32.2. The lowest BCUT2D eigenvalue weighted by Crippen LogP contribution is -2.53. The Morgan fingerprint density at radius 2 is 1.68 bits per heavy atom. The van der Waals surface area contributed by atoms with Crippen molar-refractivity contribution in [1.29, 1.82) is 0 Å². The second-order valence-electron chi connectivity index (χ2n) is 6.91. The van der Waals surface area contributed by atoms with Crippen molar-refractivity contribution in [2.24, 2.45) is 5.14 Å². The quantitative estimate of drug-likeness (QED) is 0.692. The molecule has 0 aliphatic heterocycles. The summed E-state index contributed by atoms with van der Waals surface area (Å²) in [5.41, 5.74) is 0.510. The van der Waals surface area contributed by atoms with Crippen LogP contribution in [0.15, 0.2) is 29.2 Å². The number of nitrogens with two attached hydrogens (primary N) is 1. The van der Waals surface area contributed by atoms with E-state index in [2.05, 4.69) is 29.6 Å². The van der Waals surface area contributed by atoms with Crippen LogP contribution in [-0.2, 0) is 10.0 Å². The van der Waals surface area contributed by atoms with E-state index in [4.69, 9.17) is 5.14 Å². The average Bonchev–Trinajstić information content (AvgIpc) is 2.79. The van der Waals surface area contributed by atoms with Crippen molar-refractivity contribution in [2.75, 3.05) is 26.0 Å². The molecular formula is C17H28N4O3S. The van der Waals surface area contributed by atoms with Crippen molar-refractivity contribution in [3.8, 4) is 0 Å². The number of benzene rings is 1. The summed E-state index contributed by atoms with van der Waals surface area (Å²) in [5, 5.41) is 10.8. The molecule has 0 bridgehead atoms. The van der Waals surface area contributed by atoms with Gasteiger partial charge in [-0.15, -0.1) is 0 Å². The molecule has 0 saturated heterocycles. The van der Waals surface area contributed by atoms with E-state index in [0.717, 1.165) is 12.8 Å². The number of anilines is 1. The third kappa shape index (κ3) is 5.42. The van der Waals surface area contributed by atoms with Gasteiger partial charge in [-0.1, -0.05) is 25.7 Å². The zero-order valence-electron chi connectivity index (χ0n) is 14.9. The zero-order chi connectivity index (χ0) is 18.5. The van der Waals surface area contributed by atoms with Crippen LogP contribution in [0.3, 0.4) is 0 Å². The van der Waals surface area contributed by atoms with Crippen molar-refractivity contribution >= 4 is 21.7 Å². The standard InChI is InChI=1S/C17H28N4O3S/c1-21(2)17(11-5-3-4-6-12-17)13-19-16(22)20-14-7-9-15(10-8-14)25(18,23)24/h7-10H,3-6,11-13H2,1-2H3,(H2,18,23,24)(H2,19,20,22). The van der Waals surface area contributed by atoms with Crippen LogP contribution in [0.5, 0.6) is 0 Å². The maximum atomic E-state index is 12.2. The molecule has 2 amide bonds. The van der Waals surface area contributed by atoms with Crippen molar-refractivity contribution in [1.82, 2.24) is 10.2 Å². The molecule has 1 aliphatic rings. The summed E-state index contributed by atoms with van der Waals surface area (Å²) in [6, 6.07) is 5.49. The predicted octanol–water partition coefficient (Wildman–Crippen LogP) is 2.11. The molecule has 0 heterocycles. The summed E-state index contributed by atoms with van der Waals surface area (Å²) in [6.07, 6.45) is 7.00. The molecule has 4 N–H and O–H groups in total. The first-order chi connectivity index (χ1) is 11.7. The molecule has 0 radical (unpaired) electrons. The molecule has 1 fully saturated rings. The molecule has 0 atom stereocenters. The third-order valence-electron chi connectivity index (χ3n) is 5.00. The van der Waals surface area contributed by atoms with Gasteiger partial charge in [-0.2, -0.15) is 0 Å². The van der Waals surface area contributed by atoms with Gasteiger partial charge in [0.05, 0.1) is 4.90 Å². The number of sulfonamides is 1. The molecular weight excluding hydrogens is 340 g/mol. The fourth-order valence-electron chi connectivity index (χ4n) is 3.32. The summed E-state index contributed by atoms with van der Waals surface area (Å²) >= 11 is 0. The van der Waals surface area contributed by atoms with Crippen LogP contribution in [-0.4, -0.2) is 45.5 Å². The predicted molar refractivity (Wildman–Crippen MR) is 99.0 cm³/mol. The molecule has 0 aromatic heterocycles. The van der Waals surface area contributed by atoms with Crippen LogP contribution in [0, 0.1) is 0 Å². The lowest BCUT2D eigenvalue weighted by molar-refractivity contribution is 0.129. The van der Waals surface area contributed by atoms with E-state index in [-0.39, 0.29) is 16.5 Å². The number of urea groups is 1. The summed E-state index contributed by atoms with van der Waals surface area (Å²) < 4.78 is 22.5. The number of nitrogens with zero attached hydrogens (tertiary/aromatic N) is 1. The summed E-state index contributed by atoms with van der Waals surface area (Å²) in [7, 11) is 0.405. The second kappa shape index (κ2) is 8.16. The fraction of sp³-hybridized carbons (Fsp3) is 0.588. The van der Waals surface area contributed by atoms with Gasteiger partial charge in [-0.05, 0) is 51.2 Å². The van der Waals surface area contributed by atoms with Gasteiger partial charge in [-0.25, -0.2) is 18.4 Å². The smallest absolute Gasteiger partial charge is 0.319 e. The molecule has 140 valence electrons. The van der Waals surface area contributed by atoms with Crippen LogP contribution >= 0.6 is 0 Å². The molecule has 1 aromatic rings. The minimum absolute atomic E-state index is 0.00861. The minimum Gasteiger partial charge on any atom is -0.336 e. The van der Waals surface area contributed by atoms with E-state index in [0.29, 0.717) is 12.2 Å². The lowest BCUT2D eigenvalue weighted by atomic mass is 9.89. The third-order valence-corrected chi connectivity index (χ3v) is 5.93. The molecule has 0 spiro atoms. The maximum Gasteiger partial charge on any atom is 0.319 e. The molecule has 1 aromatic carbocycles. The van der Waals surface area contributed by atoms with Crippen LogP contribution in [0.25, 0.3) is 0 Å². The van der Waals surface area contributed by atoms with Gasteiger partial charge in [0.2, 0.25) is 10.0 Å². The number of hydrogen-bond acceptors (Lipinski definition) is 4. The minimum atomic E-state index is -3.73. The number of primary sulfonamides is 1. The Kier molecular flexibility index (Phi) is 6.42. The Labute approximate surface area is 150 Å². The molecule has 8 heteroatoms. The lowest BCUT2D eigenvalue weighted by Gasteiger charge is -2.39. The number of carbonyl (C=O) groups is 1. The highest BCUT2D eigenvalue weighted by Crippen LogP contribution is 2.30. The highest BCUT2D eigenvalue weighted by molar-refractivity contribution is 7.89. The van der Waals surface area contributed by atoms with Gasteiger partial charge in [-0.3, -0.25) is 0 Å². The molecule has 1 saturated carbocycles. The van der Waals surface area contributed by atoms with Crippen molar-refractivity contribution < 1.29 is 13.2 Å². The maximum absolute atomic E-state index is 12.2. The molecule has 7 nitrogen and oxygen atoms in total. The Hall–Kier alpha value is -1.64. The van der Waals surface area contributed by atoms with E-state index in [1.807, 2.05) is 0 Å². The first-order valence-electron chi connectivity index (χ1n) is 8.58. The van der Waals surface area contributed by atoms with Crippen LogP contribution in [0.2, 0.25) is 0 Å². The molecule has 0 unspecified atom stereocenters. The molecule has 25 heavy (non-hydrogen) atoms. The van der Waals surface area contributed by atoms with Crippen LogP contribution in [0.1, 0.15) is 38.5 Å².